The van der Waals surface area contributed by atoms with Gasteiger partial charge in [0.2, 0.25) is 0 Å². The normalized spacial score (nSPS) is 14.5. The Labute approximate surface area is 74.5 Å². The molecule has 0 fully saturated rings. The van der Waals surface area contributed by atoms with Crippen LogP contribution in [0.2, 0.25) is 0 Å². The first-order valence-electron chi connectivity index (χ1n) is 3.89. The first-order valence-corrected chi connectivity index (χ1v) is 3.89. The van der Waals surface area contributed by atoms with Gasteiger partial charge in [0, 0.05) is 0 Å². The summed E-state index contributed by atoms with van der Waals surface area (Å²) in [7, 11) is 0. The van der Waals surface area contributed by atoms with Crippen molar-refractivity contribution in [1.82, 2.24) is 0 Å². The maximum absolute atomic E-state index is 13.2. The largest absolute Gasteiger partial charge is 0.478 e. The minimum Gasteiger partial charge on any atom is -0.478 e. The van der Waals surface area contributed by atoms with Crippen molar-refractivity contribution < 1.29 is 13.9 Å². The molecule has 3 nitrogen and oxygen atoms in total. The summed E-state index contributed by atoms with van der Waals surface area (Å²) < 4.78 is 18.1. The molecule has 1 aromatic carbocycles. The third kappa shape index (κ3) is 1.35. The van der Waals surface area contributed by atoms with Crippen LogP contribution in [0.15, 0.2) is 12.1 Å². The van der Waals surface area contributed by atoms with Crippen LogP contribution in [0.5, 0.6) is 5.75 Å². The Morgan fingerprint density at radius 2 is 2.31 bits per heavy atom. The molecule has 0 aliphatic carbocycles. The van der Waals surface area contributed by atoms with Crippen molar-refractivity contribution >= 4 is 11.6 Å². The van der Waals surface area contributed by atoms with E-state index in [1.165, 1.54) is 6.07 Å². The van der Waals surface area contributed by atoms with E-state index in [1.807, 2.05) is 0 Å². The van der Waals surface area contributed by atoms with Crippen molar-refractivity contribution in [2.45, 2.75) is 6.92 Å². The zero-order valence-corrected chi connectivity index (χ0v) is 7.06. The van der Waals surface area contributed by atoms with Crippen LogP contribution in [0.3, 0.4) is 0 Å². The third-order valence-electron chi connectivity index (χ3n) is 1.81. The number of anilines is 1. The molecule has 0 unspecified atom stereocenters. The van der Waals surface area contributed by atoms with Gasteiger partial charge in [-0.25, -0.2) is 4.39 Å². The SMILES string of the molecule is Cc1cc(F)c2c(c1)NC(=O)CO2. The van der Waals surface area contributed by atoms with E-state index < -0.39 is 5.82 Å². The molecule has 0 bridgehead atoms. The van der Waals surface area contributed by atoms with Crippen LogP contribution in [0.4, 0.5) is 10.1 Å². The highest BCUT2D eigenvalue weighted by atomic mass is 19.1. The number of halogens is 1. The molecular weight excluding hydrogens is 173 g/mol. The Balaban J connectivity index is 2.53. The minimum absolute atomic E-state index is 0.118. The van der Waals surface area contributed by atoms with Crippen molar-refractivity contribution in [1.29, 1.82) is 0 Å². The lowest BCUT2D eigenvalue weighted by Crippen LogP contribution is -2.26. The van der Waals surface area contributed by atoms with Crippen molar-refractivity contribution in [3.8, 4) is 5.75 Å². The Kier molecular flexibility index (Phi) is 1.69. The van der Waals surface area contributed by atoms with Gasteiger partial charge in [-0.05, 0) is 24.6 Å². The van der Waals surface area contributed by atoms with E-state index in [-0.39, 0.29) is 18.3 Å². The molecular formula is C9H8FNO2. The number of aryl methyl sites for hydroxylation is 1. The highest BCUT2D eigenvalue weighted by Crippen LogP contribution is 2.31. The summed E-state index contributed by atoms with van der Waals surface area (Å²) in [4.78, 5) is 10.9. The van der Waals surface area contributed by atoms with Crippen LogP contribution >= 0.6 is 0 Å². The summed E-state index contributed by atoms with van der Waals surface area (Å²) in [5.74, 6) is -0.558. The van der Waals surface area contributed by atoms with Crippen LogP contribution in [0.1, 0.15) is 5.56 Å². The summed E-state index contributed by atoms with van der Waals surface area (Å²) in [6.45, 7) is 1.64. The molecule has 1 aliphatic heterocycles. The van der Waals surface area contributed by atoms with Crippen LogP contribution in [-0.4, -0.2) is 12.5 Å². The fourth-order valence-electron chi connectivity index (χ4n) is 1.29. The van der Waals surface area contributed by atoms with Crippen molar-refractivity contribution in [2.75, 3.05) is 11.9 Å². The van der Waals surface area contributed by atoms with Crippen LogP contribution in [-0.2, 0) is 4.79 Å². The van der Waals surface area contributed by atoms with Gasteiger partial charge in [-0.3, -0.25) is 4.79 Å². The summed E-state index contributed by atoms with van der Waals surface area (Å²) in [6, 6.07) is 3.05. The number of benzene rings is 1. The number of carbonyl (C=O) groups excluding carboxylic acids is 1. The average Bonchev–Trinajstić information content (AvgIpc) is 2.02. The Morgan fingerprint density at radius 3 is 3.08 bits per heavy atom. The van der Waals surface area contributed by atoms with Crippen molar-refractivity contribution in [3.05, 3.63) is 23.5 Å². The van der Waals surface area contributed by atoms with E-state index in [2.05, 4.69) is 5.32 Å². The van der Waals surface area contributed by atoms with E-state index in [4.69, 9.17) is 4.74 Å². The van der Waals surface area contributed by atoms with Gasteiger partial charge < -0.3 is 10.1 Å². The quantitative estimate of drug-likeness (QED) is 0.658. The first-order chi connectivity index (χ1) is 6.16. The van der Waals surface area contributed by atoms with Crippen LogP contribution in [0.25, 0.3) is 0 Å². The molecule has 4 heteroatoms. The second-order valence-electron chi connectivity index (χ2n) is 2.96. The number of nitrogens with one attached hydrogen (secondary N) is 1. The van der Waals surface area contributed by atoms with Gasteiger partial charge in [0.1, 0.15) is 0 Å². The summed E-state index contributed by atoms with van der Waals surface area (Å²) in [5.41, 5.74) is 1.16. The van der Waals surface area contributed by atoms with Crippen molar-refractivity contribution in [3.63, 3.8) is 0 Å². The number of hydrogen-bond donors (Lipinski definition) is 1. The van der Waals surface area contributed by atoms with E-state index in [0.717, 1.165) is 5.56 Å². The zero-order valence-electron chi connectivity index (χ0n) is 7.06. The Hall–Kier alpha value is -1.58. The van der Waals surface area contributed by atoms with Gasteiger partial charge in [-0.1, -0.05) is 0 Å². The van der Waals surface area contributed by atoms with Gasteiger partial charge >= 0.3 is 0 Å². The monoisotopic (exact) mass is 181 g/mol. The predicted molar refractivity (Wildman–Crippen MR) is 45.3 cm³/mol. The van der Waals surface area contributed by atoms with Gasteiger partial charge in [-0.2, -0.15) is 0 Å². The van der Waals surface area contributed by atoms with E-state index in [0.29, 0.717) is 5.69 Å². The predicted octanol–water partition coefficient (Wildman–Crippen LogP) is 1.47. The second-order valence-corrected chi connectivity index (χ2v) is 2.96. The summed E-state index contributed by atoms with van der Waals surface area (Å²) >= 11 is 0. The highest BCUT2D eigenvalue weighted by Gasteiger charge is 2.19. The minimum atomic E-state index is -0.435. The molecule has 0 spiro atoms. The fourth-order valence-corrected chi connectivity index (χ4v) is 1.29. The van der Waals surface area contributed by atoms with E-state index >= 15 is 0 Å². The average molecular weight is 181 g/mol. The third-order valence-corrected chi connectivity index (χ3v) is 1.81. The highest BCUT2D eigenvalue weighted by molar-refractivity contribution is 5.95. The molecule has 0 radical (unpaired) electrons. The molecule has 0 atom stereocenters. The number of carbonyl (C=O) groups is 1. The van der Waals surface area contributed by atoms with Crippen molar-refractivity contribution in [2.24, 2.45) is 0 Å². The number of rotatable bonds is 0. The van der Waals surface area contributed by atoms with Gasteiger partial charge in [0.15, 0.2) is 18.2 Å². The number of amides is 1. The van der Waals surface area contributed by atoms with Crippen LogP contribution < -0.4 is 10.1 Å². The smallest absolute Gasteiger partial charge is 0.262 e. The fraction of sp³-hybridized carbons (Fsp3) is 0.222. The molecule has 68 valence electrons. The molecule has 1 heterocycles. The maximum atomic E-state index is 13.2. The molecule has 1 N–H and O–H groups in total. The molecule has 0 saturated heterocycles. The standard InChI is InChI=1S/C9H8FNO2/c1-5-2-6(10)9-7(3-5)11-8(12)4-13-9/h2-3H,4H2,1H3,(H,11,12). The summed E-state index contributed by atoms with van der Waals surface area (Å²) in [6.07, 6.45) is 0. The van der Waals surface area contributed by atoms with Crippen LogP contribution in [0, 0.1) is 12.7 Å². The lowest BCUT2D eigenvalue weighted by Gasteiger charge is -2.18. The number of hydrogen-bond acceptors (Lipinski definition) is 2. The molecule has 1 aliphatic rings. The molecule has 1 aromatic rings. The number of fused-ring (bicyclic) bond motifs is 1. The lowest BCUT2D eigenvalue weighted by atomic mass is 10.2. The van der Waals surface area contributed by atoms with E-state index in [9.17, 15) is 9.18 Å². The van der Waals surface area contributed by atoms with Gasteiger partial charge in [0.25, 0.3) is 5.91 Å². The molecule has 0 aromatic heterocycles. The first kappa shape index (κ1) is 8.04. The molecule has 13 heavy (non-hydrogen) atoms. The summed E-state index contributed by atoms with van der Waals surface area (Å²) in [5, 5.41) is 2.54. The molecule has 2 rings (SSSR count). The Bertz CT molecular complexity index is 376. The van der Waals surface area contributed by atoms with Gasteiger partial charge in [-0.15, -0.1) is 0 Å². The maximum Gasteiger partial charge on any atom is 0.262 e. The molecule has 0 saturated carbocycles. The zero-order chi connectivity index (χ0) is 9.42. The topological polar surface area (TPSA) is 38.3 Å². The number of ether oxygens (including phenoxy) is 1. The lowest BCUT2D eigenvalue weighted by molar-refractivity contribution is -0.118. The molecule has 1 amide bonds. The van der Waals surface area contributed by atoms with E-state index in [1.54, 1.807) is 13.0 Å². The Morgan fingerprint density at radius 1 is 1.54 bits per heavy atom. The van der Waals surface area contributed by atoms with Gasteiger partial charge in [0.05, 0.1) is 5.69 Å². The second kappa shape index (κ2) is 2.73.